The van der Waals surface area contributed by atoms with Crippen LogP contribution in [-0.4, -0.2) is 31.7 Å². The number of hydrogen-bond donors (Lipinski definition) is 2. The van der Waals surface area contributed by atoms with Gasteiger partial charge in [0, 0.05) is 18.7 Å². The second kappa shape index (κ2) is 8.05. The van der Waals surface area contributed by atoms with Crippen molar-refractivity contribution in [2.75, 3.05) is 19.7 Å². The van der Waals surface area contributed by atoms with Gasteiger partial charge in [0.05, 0.1) is 12.6 Å². The summed E-state index contributed by atoms with van der Waals surface area (Å²) >= 11 is 1.41. The van der Waals surface area contributed by atoms with Gasteiger partial charge in [-0.2, -0.15) is 0 Å². The van der Waals surface area contributed by atoms with Crippen LogP contribution in [0.15, 0.2) is 11.4 Å². The van der Waals surface area contributed by atoms with E-state index in [2.05, 4.69) is 17.2 Å². The van der Waals surface area contributed by atoms with Crippen LogP contribution in [0.1, 0.15) is 40.9 Å². The van der Waals surface area contributed by atoms with Gasteiger partial charge in [-0.15, -0.1) is 11.3 Å². The molecule has 1 saturated heterocycles. The van der Waals surface area contributed by atoms with E-state index in [0.717, 1.165) is 31.4 Å². The van der Waals surface area contributed by atoms with Gasteiger partial charge in [0.25, 0.3) is 5.91 Å². The van der Waals surface area contributed by atoms with Crippen LogP contribution in [0, 0.1) is 11.8 Å². The van der Waals surface area contributed by atoms with Crippen LogP contribution < -0.4 is 11.1 Å². The number of thiophene rings is 1. The van der Waals surface area contributed by atoms with Crippen LogP contribution in [0.3, 0.4) is 0 Å². The van der Waals surface area contributed by atoms with Gasteiger partial charge in [0.2, 0.25) is 0 Å². The molecule has 1 aliphatic heterocycles. The highest BCUT2D eigenvalue weighted by molar-refractivity contribution is 7.12. The molecule has 0 aromatic carbocycles. The third-order valence-electron chi connectivity index (χ3n) is 3.22. The number of amides is 1. The summed E-state index contributed by atoms with van der Waals surface area (Å²) in [4.78, 5) is 12.8. The number of carbonyl (C=O) groups excluding carboxylic acids is 1. The first-order chi connectivity index (χ1) is 9.81. The first-order valence-corrected chi connectivity index (χ1v) is 7.85. The normalized spacial score (nSPS) is 18.1. The summed E-state index contributed by atoms with van der Waals surface area (Å²) in [6.45, 7) is 1.80. The SMILES string of the molecule is NCC#Cc1ccsc1C(=O)NCCC1CCCCO1. The van der Waals surface area contributed by atoms with Crippen molar-refractivity contribution in [3.63, 3.8) is 0 Å². The summed E-state index contributed by atoms with van der Waals surface area (Å²) in [5.74, 6) is 5.64. The number of nitrogens with two attached hydrogens (primary N) is 1. The minimum Gasteiger partial charge on any atom is -0.378 e. The molecule has 1 aromatic heterocycles. The Labute approximate surface area is 123 Å². The third-order valence-corrected chi connectivity index (χ3v) is 4.14. The molecule has 108 valence electrons. The van der Waals surface area contributed by atoms with Gasteiger partial charge >= 0.3 is 0 Å². The molecular weight excluding hydrogens is 272 g/mol. The number of ether oxygens (including phenoxy) is 1. The van der Waals surface area contributed by atoms with Gasteiger partial charge in [0.1, 0.15) is 4.88 Å². The summed E-state index contributed by atoms with van der Waals surface area (Å²) in [6, 6.07) is 1.85. The fourth-order valence-corrected chi connectivity index (χ4v) is 2.96. The lowest BCUT2D eigenvalue weighted by molar-refractivity contribution is 0.0117. The number of rotatable bonds is 4. The molecular formula is C15H20N2O2S. The maximum absolute atomic E-state index is 12.1. The number of hydrogen-bond acceptors (Lipinski definition) is 4. The minimum atomic E-state index is -0.0582. The van der Waals surface area contributed by atoms with Gasteiger partial charge in [-0.05, 0) is 37.1 Å². The van der Waals surface area contributed by atoms with Crippen molar-refractivity contribution in [2.45, 2.75) is 31.8 Å². The Balaban J connectivity index is 1.81. The molecule has 1 aliphatic rings. The zero-order valence-corrected chi connectivity index (χ0v) is 12.3. The largest absolute Gasteiger partial charge is 0.378 e. The summed E-state index contributed by atoms with van der Waals surface area (Å²) in [5, 5.41) is 4.82. The van der Waals surface area contributed by atoms with Crippen LogP contribution in [0.2, 0.25) is 0 Å². The van der Waals surface area contributed by atoms with Crippen molar-refractivity contribution < 1.29 is 9.53 Å². The fourth-order valence-electron chi connectivity index (χ4n) is 2.19. The second-order valence-corrected chi connectivity index (χ2v) is 5.62. The van der Waals surface area contributed by atoms with Gasteiger partial charge in [0.15, 0.2) is 0 Å². The highest BCUT2D eigenvalue weighted by atomic mass is 32.1. The minimum absolute atomic E-state index is 0.0582. The van der Waals surface area contributed by atoms with E-state index in [1.54, 1.807) is 0 Å². The molecule has 2 heterocycles. The van der Waals surface area contributed by atoms with Gasteiger partial charge in [-0.25, -0.2) is 0 Å². The van der Waals surface area contributed by atoms with Crippen LogP contribution >= 0.6 is 11.3 Å². The predicted molar refractivity (Wildman–Crippen MR) is 80.8 cm³/mol. The predicted octanol–water partition coefficient (Wildman–Crippen LogP) is 1.75. The van der Waals surface area contributed by atoms with E-state index in [1.165, 1.54) is 17.8 Å². The molecule has 1 atom stereocenters. The Morgan fingerprint density at radius 2 is 2.45 bits per heavy atom. The lowest BCUT2D eigenvalue weighted by Crippen LogP contribution is -2.29. The second-order valence-electron chi connectivity index (χ2n) is 4.70. The highest BCUT2D eigenvalue weighted by Crippen LogP contribution is 2.17. The van der Waals surface area contributed by atoms with Crippen molar-refractivity contribution >= 4 is 17.2 Å². The number of carbonyl (C=O) groups is 1. The molecule has 0 bridgehead atoms. The van der Waals surface area contributed by atoms with E-state index in [9.17, 15) is 4.79 Å². The average Bonchev–Trinajstić information content (AvgIpc) is 2.94. The molecule has 0 spiro atoms. The topological polar surface area (TPSA) is 64.4 Å². The number of nitrogens with one attached hydrogen (secondary N) is 1. The first-order valence-electron chi connectivity index (χ1n) is 6.97. The van der Waals surface area contributed by atoms with Crippen LogP contribution in [-0.2, 0) is 4.74 Å². The smallest absolute Gasteiger partial charge is 0.262 e. The molecule has 0 aliphatic carbocycles. The quantitative estimate of drug-likeness (QED) is 0.831. The highest BCUT2D eigenvalue weighted by Gasteiger charge is 2.15. The Morgan fingerprint density at radius 3 is 3.20 bits per heavy atom. The average molecular weight is 292 g/mol. The van der Waals surface area contributed by atoms with Crippen LogP contribution in [0.5, 0.6) is 0 Å². The Morgan fingerprint density at radius 1 is 1.55 bits per heavy atom. The summed E-state index contributed by atoms with van der Waals surface area (Å²) in [6.07, 6.45) is 4.65. The van der Waals surface area contributed by atoms with Crippen molar-refractivity contribution in [1.29, 1.82) is 0 Å². The van der Waals surface area contributed by atoms with Crippen LogP contribution in [0.4, 0.5) is 0 Å². The van der Waals surface area contributed by atoms with E-state index >= 15 is 0 Å². The van der Waals surface area contributed by atoms with E-state index in [1.807, 2.05) is 11.4 Å². The molecule has 1 fully saturated rings. The zero-order valence-electron chi connectivity index (χ0n) is 11.5. The Hall–Kier alpha value is -1.35. The van der Waals surface area contributed by atoms with E-state index in [0.29, 0.717) is 24.1 Å². The molecule has 1 unspecified atom stereocenters. The van der Waals surface area contributed by atoms with Gasteiger partial charge in [-0.3, -0.25) is 4.79 Å². The van der Waals surface area contributed by atoms with E-state index in [-0.39, 0.29) is 5.91 Å². The maximum Gasteiger partial charge on any atom is 0.262 e. The molecule has 1 aromatic rings. The maximum atomic E-state index is 12.1. The monoisotopic (exact) mass is 292 g/mol. The zero-order chi connectivity index (χ0) is 14.2. The van der Waals surface area contributed by atoms with Crippen LogP contribution in [0.25, 0.3) is 0 Å². The molecule has 0 saturated carbocycles. The fraction of sp³-hybridized carbons (Fsp3) is 0.533. The molecule has 2 rings (SSSR count). The lowest BCUT2D eigenvalue weighted by Gasteiger charge is -2.22. The van der Waals surface area contributed by atoms with Gasteiger partial charge < -0.3 is 15.8 Å². The third kappa shape index (κ3) is 4.34. The summed E-state index contributed by atoms with van der Waals surface area (Å²) in [5.41, 5.74) is 6.11. The molecule has 4 nitrogen and oxygen atoms in total. The van der Waals surface area contributed by atoms with Crippen molar-refractivity contribution in [3.05, 3.63) is 21.9 Å². The Kier molecular flexibility index (Phi) is 6.06. The van der Waals surface area contributed by atoms with Crippen molar-refractivity contribution in [2.24, 2.45) is 5.73 Å². The van der Waals surface area contributed by atoms with Crippen molar-refractivity contribution in [1.82, 2.24) is 5.32 Å². The molecule has 20 heavy (non-hydrogen) atoms. The van der Waals surface area contributed by atoms with E-state index in [4.69, 9.17) is 10.5 Å². The van der Waals surface area contributed by atoms with Gasteiger partial charge in [-0.1, -0.05) is 11.8 Å². The van der Waals surface area contributed by atoms with E-state index < -0.39 is 0 Å². The molecule has 5 heteroatoms. The molecule has 1 amide bonds. The molecule has 0 radical (unpaired) electrons. The standard InChI is InChI=1S/C15H20N2O2S/c16-8-3-4-12-7-11-20-14(12)15(18)17-9-6-13-5-1-2-10-19-13/h7,11,13H,1-2,5-6,8-10,16H2,(H,17,18). The molecule has 3 N–H and O–H groups in total. The summed E-state index contributed by atoms with van der Waals surface area (Å²) < 4.78 is 5.64. The Bertz CT molecular complexity index is 495. The first kappa shape index (κ1) is 15.0. The lowest BCUT2D eigenvalue weighted by atomic mass is 10.1. The van der Waals surface area contributed by atoms with Crippen molar-refractivity contribution in [3.8, 4) is 11.8 Å². The summed E-state index contributed by atoms with van der Waals surface area (Å²) in [7, 11) is 0.